The van der Waals surface area contributed by atoms with E-state index < -0.39 is 50.7 Å². The van der Waals surface area contributed by atoms with Gasteiger partial charge in [0.25, 0.3) is 0 Å². The molecule has 1 aromatic rings. The van der Waals surface area contributed by atoms with Gasteiger partial charge in [0.2, 0.25) is 34.8 Å². The monoisotopic (exact) mass is 290 g/mol. The number of rotatable bonds is 4. The average Bonchev–Trinajstić information content (AvgIpc) is 2.30. The molecule has 1 rings (SSSR count). The maximum absolute atomic E-state index is 13.1. The van der Waals surface area contributed by atoms with Crippen LogP contribution in [-0.2, 0) is 10.1 Å². The summed E-state index contributed by atoms with van der Waals surface area (Å²) in [7, 11) is -4.41. The number of hydrogen-bond acceptors (Lipinski definition) is 3. The maximum Gasteiger partial charge on any atom is 0.309 e. The fraction of sp³-hybridized carbons (Fsp3) is 0.333. The summed E-state index contributed by atoms with van der Waals surface area (Å²) >= 11 is 0. The zero-order chi connectivity index (χ0) is 14.1. The van der Waals surface area contributed by atoms with Crippen molar-refractivity contribution in [2.24, 2.45) is 0 Å². The Balaban J connectivity index is 3.35. The first kappa shape index (κ1) is 14.7. The molecule has 102 valence electrons. The van der Waals surface area contributed by atoms with Gasteiger partial charge in [0.1, 0.15) is 0 Å². The highest BCUT2D eigenvalue weighted by molar-refractivity contribution is 7.87. The van der Waals surface area contributed by atoms with Crippen molar-refractivity contribution in [2.75, 3.05) is 5.75 Å². The van der Waals surface area contributed by atoms with Gasteiger partial charge in [-0.25, -0.2) is 13.2 Å². The van der Waals surface area contributed by atoms with Crippen LogP contribution >= 0.6 is 0 Å². The van der Waals surface area contributed by atoms with Crippen molar-refractivity contribution in [1.29, 1.82) is 0 Å². The van der Waals surface area contributed by atoms with Gasteiger partial charge < -0.3 is 4.18 Å². The van der Waals surface area contributed by atoms with Crippen LogP contribution in [0.5, 0.6) is 5.75 Å². The molecule has 0 radical (unpaired) electrons. The highest BCUT2D eigenvalue weighted by Gasteiger charge is 2.29. The minimum Gasteiger partial charge on any atom is -0.376 e. The lowest BCUT2D eigenvalue weighted by molar-refractivity contribution is 0.346. The molecule has 1 aromatic carbocycles. The van der Waals surface area contributed by atoms with Crippen molar-refractivity contribution >= 4 is 10.1 Å². The molecule has 0 N–H and O–H groups in total. The second-order valence-electron chi connectivity index (χ2n) is 3.24. The van der Waals surface area contributed by atoms with Gasteiger partial charge in [0.15, 0.2) is 0 Å². The van der Waals surface area contributed by atoms with Crippen molar-refractivity contribution in [3.05, 3.63) is 29.1 Å². The largest absolute Gasteiger partial charge is 0.376 e. The van der Waals surface area contributed by atoms with Crippen LogP contribution < -0.4 is 4.18 Å². The highest BCUT2D eigenvalue weighted by Crippen LogP contribution is 2.30. The third kappa shape index (κ3) is 2.71. The Kier molecular flexibility index (Phi) is 4.15. The van der Waals surface area contributed by atoms with E-state index in [2.05, 4.69) is 4.18 Å². The molecular formula is C9H7F5O3S. The molecule has 0 heterocycles. The molecule has 0 unspecified atom stereocenters. The Bertz CT molecular complexity index is 541. The van der Waals surface area contributed by atoms with Crippen LogP contribution in [0.1, 0.15) is 13.3 Å². The lowest BCUT2D eigenvalue weighted by Crippen LogP contribution is -2.16. The van der Waals surface area contributed by atoms with Gasteiger partial charge in [-0.3, -0.25) is 0 Å². The Morgan fingerprint density at radius 1 is 0.889 bits per heavy atom. The number of hydrogen-bond donors (Lipinski definition) is 0. The molecule has 0 spiro atoms. The van der Waals surface area contributed by atoms with Crippen LogP contribution in [0.15, 0.2) is 0 Å². The molecule has 0 bridgehead atoms. The summed E-state index contributed by atoms with van der Waals surface area (Å²) in [4.78, 5) is 0. The summed E-state index contributed by atoms with van der Waals surface area (Å²) in [6.07, 6.45) is 0.0533. The zero-order valence-corrected chi connectivity index (χ0v) is 9.75. The first-order chi connectivity index (χ1) is 8.21. The zero-order valence-electron chi connectivity index (χ0n) is 8.94. The van der Waals surface area contributed by atoms with Crippen molar-refractivity contribution in [3.63, 3.8) is 0 Å². The van der Waals surface area contributed by atoms with Crippen LogP contribution in [0.2, 0.25) is 0 Å². The van der Waals surface area contributed by atoms with Crippen molar-refractivity contribution in [1.82, 2.24) is 0 Å². The van der Waals surface area contributed by atoms with Gasteiger partial charge in [0.05, 0.1) is 5.75 Å². The SMILES string of the molecule is CCCS(=O)(=O)Oc1c(F)c(F)c(F)c(F)c1F. The molecule has 0 fully saturated rings. The van der Waals surface area contributed by atoms with Gasteiger partial charge >= 0.3 is 10.1 Å². The number of benzene rings is 1. The summed E-state index contributed by atoms with van der Waals surface area (Å²) in [6.45, 7) is 1.43. The van der Waals surface area contributed by atoms with Gasteiger partial charge in [-0.15, -0.1) is 0 Å². The highest BCUT2D eigenvalue weighted by atomic mass is 32.2. The quantitative estimate of drug-likeness (QED) is 0.370. The van der Waals surface area contributed by atoms with E-state index in [1.165, 1.54) is 6.92 Å². The average molecular weight is 290 g/mol. The first-order valence-corrected chi connectivity index (χ1v) is 6.22. The van der Waals surface area contributed by atoms with E-state index in [1.807, 2.05) is 0 Å². The van der Waals surface area contributed by atoms with E-state index in [1.54, 1.807) is 0 Å². The Hall–Kier alpha value is -1.38. The van der Waals surface area contributed by atoms with Crippen LogP contribution in [0.3, 0.4) is 0 Å². The fourth-order valence-corrected chi connectivity index (χ4v) is 2.06. The molecule has 18 heavy (non-hydrogen) atoms. The summed E-state index contributed by atoms with van der Waals surface area (Å²) in [5.41, 5.74) is 0. The molecule has 3 nitrogen and oxygen atoms in total. The summed E-state index contributed by atoms with van der Waals surface area (Å²) in [5, 5.41) is 0. The third-order valence-corrected chi connectivity index (χ3v) is 3.16. The van der Waals surface area contributed by atoms with Gasteiger partial charge in [-0.2, -0.15) is 17.2 Å². The first-order valence-electron chi connectivity index (χ1n) is 4.64. The molecule has 0 aromatic heterocycles. The van der Waals surface area contributed by atoms with Crippen molar-refractivity contribution < 1.29 is 34.6 Å². The number of halogens is 5. The normalized spacial score (nSPS) is 11.7. The molecule has 0 aliphatic heterocycles. The van der Waals surface area contributed by atoms with Crippen LogP contribution in [-0.4, -0.2) is 14.2 Å². The smallest absolute Gasteiger partial charge is 0.309 e. The van der Waals surface area contributed by atoms with Crippen molar-refractivity contribution in [2.45, 2.75) is 13.3 Å². The van der Waals surface area contributed by atoms with E-state index >= 15 is 0 Å². The van der Waals surface area contributed by atoms with E-state index in [0.717, 1.165) is 0 Å². The standard InChI is InChI=1S/C9H7F5O3S/c1-2-3-18(15,16)17-9-7(13)5(11)4(10)6(12)8(9)14/h2-3H2,1H3. The summed E-state index contributed by atoms with van der Waals surface area (Å²) in [6, 6.07) is 0. The molecule has 0 aliphatic rings. The summed E-state index contributed by atoms with van der Waals surface area (Å²) < 4.78 is 90.4. The van der Waals surface area contributed by atoms with E-state index in [-0.39, 0.29) is 6.42 Å². The fourth-order valence-electron chi connectivity index (χ4n) is 1.08. The third-order valence-electron chi connectivity index (χ3n) is 1.83. The molecule has 0 aliphatic carbocycles. The molecule has 0 atom stereocenters. The minimum absolute atomic E-state index is 0.0533. The summed E-state index contributed by atoms with van der Waals surface area (Å²) in [5.74, 6) is -14.0. The van der Waals surface area contributed by atoms with Crippen LogP contribution in [0, 0.1) is 29.1 Å². The Morgan fingerprint density at radius 2 is 1.28 bits per heavy atom. The second-order valence-corrected chi connectivity index (χ2v) is 4.93. The molecule has 0 saturated heterocycles. The molecule has 9 heteroatoms. The molecule has 0 saturated carbocycles. The van der Waals surface area contributed by atoms with Crippen LogP contribution in [0.25, 0.3) is 0 Å². The Labute approximate surface area is 99.3 Å². The van der Waals surface area contributed by atoms with Gasteiger partial charge in [-0.05, 0) is 6.42 Å². The van der Waals surface area contributed by atoms with E-state index in [9.17, 15) is 30.4 Å². The topological polar surface area (TPSA) is 43.4 Å². The Morgan fingerprint density at radius 3 is 1.67 bits per heavy atom. The van der Waals surface area contributed by atoms with Crippen molar-refractivity contribution in [3.8, 4) is 5.75 Å². The predicted molar refractivity (Wildman–Crippen MR) is 50.9 cm³/mol. The second kappa shape index (κ2) is 5.09. The van der Waals surface area contributed by atoms with E-state index in [0.29, 0.717) is 0 Å². The maximum atomic E-state index is 13.1. The predicted octanol–water partition coefficient (Wildman–Crippen LogP) is 2.50. The van der Waals surface area contributed by atoms with E-state index in [4.69, 9.17) is 0 Å². The lowest BCUT2D eigenvalue weighted by atomic mass is 10.3. The lowest BCUT2D eigenvalue weighted by Gasteiger charge is -2.09. The van der Waals surface area contributed by atoms with Gasteiger partial charge in [0, 0.05) is 0 Å². The minimum atomic E-state index is -4.41. The molecular weight excluding hydrogens is 283 g/mol. The van der Waals surface area contributed by atoms with Gasteiger partial charge in [-0.1, -0.05) is 6.92 Å². The molecule has 0 amide bonds. The van der Waals surface area contributed by atoms with Crippen LogP contribution in [0.4, 0.5) is 22.0 Å².